The Balaban J connectivity index is 1.75. The minimum atomic E-state index is -0.165. The largest absolute Gasteiger partial charge is 0.497 e. The topological polar surface area (TPSA) is 98.5 Å². The van der Waals surface area contributed by atoms with Gasteiger partial charge in [0.25, 0.3) is 5.91 Å². The molecule has 2 amide bonds. The molecule has 0 aliphatic carbocycles. The summed E-state index contributed by atoms with van der Waals surface area (Å²) < 4.78 is 9.66. The molecule has 0 saturated carbocycles. The van der Waals surface area contributed by atoms with Crippen LogP contribution in [-0.2, 0) is 25.4 Å². The summed E-state index contributed by atoms with van der Waals surface area (Å²) in [4.78, 5) is 39.7. The Bertz CT molecular complexity index is 1450. The van der Waals surface area contributed by atoms with E-state index in [1.54, 1.807) is 49.2 Å². The summed E-state index contributed by atoms with van der Waals surface area (Å²) >= 11 is 1.38. The molecule has 1 N–H and O–H groups in total. The lowest BCUT2D eigenvalue weighted by Gasteiger charge is -2.22. The number of hydrogen-bond donors (Lipinski definition) is 1. The minimum Gasteiger partial charge on any atom is -0.497 e. The molecule has 182 valence electrons. The van der Waals surface area contributed by atoms with E-state index >= 15 is 0 Å². The maximum Gasteiger partial charge on any atom is 0.264 e. The van der Waals surface area contributed by atoms with E-state index in [0.29, 0.717) is 17.2 Å². The van der Waals surface area contributed by atoms with Crippen molar-refractivity contribution >= 4 is 33.2 Å². The second kappa shape index (κ2) is 10.1. The first-order chi connectivity index (χ1) is 16.8. The number of nitrogens with one attached hydrogen (secondary N) is 1. The summed E-state index contributed by atoms with van der Waals surface area (Å²) in [6.45, 7) is 0.604. The first kappa shape index (κ1) is 24.2. The van der Waals surface area contributed by atoms with Gasteiger partial charge in [-0.15, -0.1) is 11.3 Å². The maximum absolute atomic E-state index is 13.7. The number of thiophene rings is 1. The number of pyridine rings is 1. The predicted molar refractivity (Wildman–Crippen MR) is 136 cm³/mol. The van der Waals surface area contributed by atoms with Crippen molar-refractivity contribution in [3.63, 3.8) is 0 Å². The van der Waals surface area contributed by atoms with E-state index in [-0.39, 0.29) is 30.3 Å². The number of hydrogen-bond acceptors (Lipinski definition) is 6. The van der Waals surface area contributed by atoms with E-state index in [2.05, 4.69) is 10.4 Å². The van der Waals surface area contributed by atoms with Crippen molar-refractivity contribution in [3.8, 4) is 16.9 Å². The zero-order valence-corrected chi connectivity index (χ0v) is 20.9. The summed E-state index contributed by atoms with van der Waals surface area (Å²) in [7, 11) is 6.70. The highest BCUT2D eigenvalue weighted by Gasteiger charge is 2.22. The first-order valence-electron chi connectivity index (χ1n) is 11.1. The molecule has 10 heteroatoms. The van der Waals surface area contributed by atoms with Gasteiger partial charge < -0.3 is 19.5 Å². The van der Waals surface area contributed by atoms with Gasteiger partial charge in [-0.25, -0.2) is 0 Å². The number of aromatic nitrogens is 3. The van der Waals surface area contributed by atoms with Gasteiger partial charge in [0.1, 0.15) is 5.75 Å². The van der Waals surface area contributed by atoms with Crippen LogP contribution in [-0.4, -0.2) is 51.8 Å². The molecule has 0 aliphatic heterocycles. The Morgan fingerprint density at radius 2 is 1.97 bits per heavy atom. The van der Waals surface area contributed by atoms with Crippen molar-refractivity contribution in [2.45, 2.75) is 13.0 Å². The van der Waals surface area contributed by atoms with Gasteiger partial charge in [0.05, 0.1) is 24.2 Å². The van der Waals surface area contributed by atoms with Gasteiger partial charge in [0, 0.05) is 62.8 Å². The first-order valence-corrected chi connectivity index (χ1v) is 11.9. The molecule has 3 aromatic heterocycles. The number of ether oxygens (including phenoxy) is 1. The fraction of sp³-hybridized carbons (Fsp3) is 0.280. The highest BCUT2D eigenvalue weighted by Crippen LogP contribution is 2.38. The quantitative estimate of drug-likeness (QED) is 0.407. The number of aryl methyl sites for hydroxylation is 2. The second-order valence-corrected chi connectivity index (χ2v) is 9.22. The SMILES string of the molecule is CNC(=O)CCN(Cc1ccnn1C)C(=O)c1cc2cc(OC)cc(-c3ccc(=O)n(C)c3)c2s1. The molecule has 35 heavy (non-hydrogen) atoms. The van der Waals surface area contributed by atoms with Crippen molar-refractivity contribution in [2.75, 3.05) is 20.7 Å². The lowest BCUT2D eigenvalue weighted by atomic mass is 10.1. The molecular weight excluding hydrogens is 466 g/mol. The van der Waals surface area contributed by atoms with Gasteiger partial charge in [-0.1, -0.05) is 0 Å². The number of amides is 2. The number of carbonyl (C=O) groups excluding carboxylic acids is 2. The molecule has 0 fully saturated rings. The molecule has 9 nitrogen and oxygen atoms in total. The molecule has 4 rings (SSSR count). The molecule has 0 atom stereocenters. The maximum atomic E-state index is 13.7. The molecule has 0 bridgehead atoms. The third kappa shape index (κ3) is 5.12. The molecule has 0 aliphatic rings. The van der Waals surface area contributed by atoms with Crippen LogP contribution in [0.5, 0.6) is 5.75 Å². The fourth-order valence-corrected chi connectivity index (χ4v) is 4.98. The summed E-state index contributed by atoms with van der Waals surface area (Å²) in [6.07, 6.45) is 3.65. The molecule has 0 unspecified atom stereocenters. The third-order valence-electron chi connectivity index (χ3n) is 5.88. The van der Waals surface area contributed by atoms with Gasteiger partial charge >= 0.3 is 0 Å². The average molecular weight is 494 g/mol. The Morgan fingerprint density at radius 3 is 2.63 bits per heavy atom. The zero-order chi connectivity index (χ0) is 25.1. The van der Waals surface area contributed by atoms with Gasteiger partial charge in [0.2, 0.25) is 11.5 Å². The third-order valence-corrected chi connectivity index (χ3v) is 7.06. The van der Waals surface area contributed by atoms with Crippen LogP contribution in [0.15, 0.2) is 53.6 Å². The molecule has 0 spiro atoms. The van der Waals surface area contributed by atoms with E-state index in [1.807, 2.05) is 31.3 Å². The predicted octanol–water partition coefficient (Wildman–Crippen LogP) is 2.79. The van der Waals surface area contributed by atoms with Crippen LogP contribution >= 0.6 is 11.3 Å². The number of methoxy groups -OCH3 is 1. The smallest absolute Gasteiger partial charge is 0.264 e. The van der Waals surface area contributed by atoms with Crippen molar-refractivity contribution in [1.82, 2.24) is 24.6 Å². The van der Waals surface area contributed by atoms with Crippen molar-refractivity contribution in [2.24, 2.45) is 14.1 Å². The van der Waals surface area contributed by atoms with Crippen molar-refractivity contribution < 1.29 is 14.3 Å². The normalized spacial score (nSPS) is 11.0. The van der Waals surface area contributed by atoms with Gasteiger partial charge in [-0.3, -0.25) is 19.1 Å². The summed E-state index contributed by atoms with van der Waals surface area (Å²) in [6, 6.07) is 10.8. The summed E-state index contributed by atoms with van der Waals surface area (Å²) in [5.41, 5.74) is 2.49. The van der Waals surface area contributed by atoms with Crippen LogP contribution in [0.2, 0.25) is 0 Å². The molecule has 4 aromatic rings. The number of fused-ring (bicyclic) bond motifs is 1. The van der Waals surface area contributed by atoms with Crippen molar-refractivity contribution in [3.05, 3.63) is 69.7 Å². The van der Waals surface area contributed by atoms with Crippen LogP contribution in [0.25, 0.3) is 21.2 Å². The Hall–Kier alpha value is -3.92. The van der Waals surface area contributed by atoms with E-state index in [0.717, 1.165) is 26.9 Å². The Morgan fingerprint density at radius 1 is 1.17 bits per heavy atom. The van der Waals surface area contributed by atoms with Crippen LogP contribution < -0.4 is 15.6 Å². The molecule has 1 aromatic carbocycles. The average Bonchev–Trinajstić information content (AvgIpc) is 3.47. The van der Waals surface area contributed by atoms with Crippen LogP contribution in [0.3, 0.4) is 0 Å². The van der Waals surface area contributed by atoms with Crippen LogP contribution in [0.1, 0.15) is 21.8 Å². The van der Waals surface area contributed by atoms with Gasteiger partial charge in [-0.05, 0) is 41.3 Å². The monoisotopic (exact) mass is 493 g/mol. The standard InChI is InChI=1S/C25H27N5O4S/c1-26-22(31)8-10-30(15-18-7-9-27-29(18)3)25(33)21-12-17-11-19(34-4)13-20(24(17)35-21)16-5-6-23(32)28(2)14-16/h5-7,9,11-14H,8,10,15H2,1-4H3,(H,26,31). The summed E-state index contributed by atoms with van der Waals surface area (Å²) in [5.74, 6) is 0.358. The molecule has 3 heterocycles. The number of benzene rings is 1. The van der Waals surface area contributed by atoms with Crippen molar-refractivity contribution in [1.29, 1.82) is 0 Å². The van der Waals surface area contributed by atoms with Crippen LogP contribution in [0, 0.1) is 0 Å². The summed E-state index contributed by atoms with van der Waals surface area (Å²) in [5, 5.41) is 7.67. The Kier molecular flexibility index (Phi) is 7.02. The number of rotatable bonds is 8. The molecular formula is C25H27N5O4S. The van der Waals surface area contributed by atoms with E-state index < -0.39 is 0 Å². The highest BCUT2D eigenvalue weighted by molar-refractivity contribution is 7.21. The van der Waals surface area contributed by atoms with E-state index in [4.69, 9.17) is 4.74 Å². The zero-order valence-electron chi connectivity index (χ0n) is 20.1. The van der Waals surface area contributed by atoms with Crippen LogP contribution in [0.4, 0.5) is 0 Å². The van der Waals surface area contributed by atoms with Gasteiger partial charge in [0.15, 0.2) is 0 Å². The number of nitrogens with zero attached hydrogens (tertiary/aromatic N) is 4. The minimum absolute atomic E-state index is 0.100. The number of carbonyl (C=O) groups is 2. The lowest BCUT2D eigenvalue weighted by Crippen LogP contribution is -2.34. The highest BCUT2D eigenvalue weighted by atomic mass is 32.1. The molecule has 0 saturated heterocycles. The lowest BCUT2D eigenvalue weighted by molar-refractivity contribution is -0.120. The van der Waals surface area contributed by atoms with E-state index in [9.17, 15) is 14.4 Å². The van der Waals surface area contributed by atoms with Gasteiger partial charge in [-0.2, -0.15) is 5.10 Å². The molecule has 0 radical (unpaired) electrons. The van der Waals surface area contributed by atoms with E-state index in [1.165, 1.54) is 22.0 Å². The fourth-order valence-electron chi connectivity index (χ4n) is 3.84. The Labute approximate surface area is 206 Å². The second-order valence-electron chi connectivity index (χ2n) is 8.17.